The second-order valence-electron chi connectivity index (χ2n) is 13.8. The van der Waals surface area contributed by atoms with Crippen LogP contribution < -0.4 is 0 Å². The van der Waals surface area contributed by atoms with Crippen molar-refractivity contribution in [2.75, 3.05) is 13.1 Å². The molecule has 4 unspecified atom stereocenters. The second-order valence-corrected chi connectivity index (χ2v) is 13.8. The van der Waals surface area contributed by atoms with E-state index in [0.717, 1.165) is 35.8 Å². The van der Waals surface area contributed by atoms with Crippen molar-refractivity contribution in [2.45, 2.75) is 163 Å². The maximum atomic E-state index is 2.80. The Balaban J connectivity index is 1.68. The minimum atomic E-state index is 0.377. The first-order chi connectivity index (χ1) is 15.4. The van der Waals surface area contributed by atoms with Gasteiger partial charge in [-0.3, -0.25) is 9.80 Å². The standard InChI is InChI=1S/C31H62N2/c1-11-32-28(24(3)4)20-26(22-30(32,7)8)18-16-14-13-15-17-19-27-21-29(25(5)6)33(12-2)31(9,10)23-27/h24-29H,11-23H2,1-10H3. The Labute approximate surface area is 209 Å². The summed E-state index contributed by atoms with van der Waals surface area (Å²) in [5.74, 6) is 3.43. The van der Waals surface area contributed by atoms with Crippen LogP contribution in [0, 0.1) is 23.7 Å². The zero-order chi connectivity index (χ0) is 24.8. The van der Waals surface area contributed by atoms with Gasteiger partial charge in [0.2, 0.25) is 0 Å². The molecule has 0 bridgehead atoms. The Morgan fingerprint density at radius 1 is 0.606 bits per heavy atom. The predicted octanol–water partition coefficient (Wildman–Crippen LogP) is 8.79. The van der Waals surface area contributed by atoms with Crippen LogP contribution in [0.5, 0.6) is 0 Å². The van der Waals surface area contributed by atoms with Gasteiger partial charge in [-0.05, 0) is 90.1 Å². The molecule has 0 spiro atoms. The van der Waals surface area contributed by atoms with Gasteiger partial charge < -0.3 is 0 Å². The van der Waals surface area contributed by atoms with E-state index < -0.39 is 0 Å². The lowest BCUT2D eigenvalue weighted by atomic mass is 9.74. The highest BCUT2D eigenvalue weighted by atomic mass is 15.2. The molecule has 0 aromatic heterocycles. The van der Waals surface area contributed by atoms with Gasteiger partial charge in [0.15, 0.2) is 0 Å². The second kappa shape index (κ2) is 12.8. The lowest BCUT2D eigenvalue weighted by molar-refractivity contribution is -0.0211. The number of hydrogen-bond acceptors (Lipinski definition) is 2. The summed E-state index contributed by atoms with van der Waals surface area (Å²) in [4.78, 5) is 5.59. The third kappa shape index (κ3) is 7.96. The van der Waals surface area contributed by atoms with Gasteiger partial charge in [-0.25, -0.2) is 0 Å². The summed E-state index contributed by atoms with van der Waals surface area (Å²) in [6.07, 6.45) is 15.8. The van der Waals surface area contributed by atoms with Gasteiger partial charge in [-0.1, -0.05) is 86.5 Å². The van der Waals surface area contributed by atoms with Crippen molar-refractivity contribution in [3.8, 4) is 0 Å². The minimum absolute atomic E-state index is 0.377. The SMILES string of the molecule is CCN1C(C(C)C)CC(CCCCCCCC2CC(C(C)C)N(CC)C(C)(C)C2)CC1(C)C. The monoisotopic (exact) mass is 462 g/mol. The molecule has 2 rings (SSSR count). The van der Waals surface area contributed by atoms with Crippen molar-refractivity contribution in [2.24, 2.45) is 23.7 Å². The summed E-state index contributed by atoms with van der Waals surface area (Å²) < 4.78 is 0. The molecular weight excluding hydrogens is 400 g/mol. The van der Waals surface area contributed by atoms with Crippen molar-refractivity contribution < 1.29 is 0 Å². The van der Waals surface area contributed by atoms with E-state index in [0.29, 0.717) is 11.1 Å². The van der Waals surface area contributed by atoms with E-state index in [1.165, 1.54) is 83.7 Å². The molecule has 2 fully saturated rings. The molecule has 2 heteroatoms. The number of hydrogen-bond donors (Lipinski definition) is 0. The molecule has 4 atom stereocenters. The van der Waals surface area contributed by atoms with Crippen LogP contribution in [0.15, 0.2) is 0 Å². The Bertz CT molecular complexity index is 501. The summed E-state index contributed by atoms with van der Waals surface area (Å²) in [5, 5.41) is 0. The molecule has 33 heavy (non-hydrogen) atoms. The Morgan fingerprint density at radius 2 is 0.939 bits per heavy atom. The van der Waals surface area contributed by atoms with Gasteiger partial charge in [0, 0.05) is 23.2 Å². The van der Waals surface area contributed by atoms with Crippen LogP contribution in [0.2, 0.25) is 0 Å². The Kier molecular flexibility index (Phi) is 11.3. The first-order valence-corrected chi connectivity index (χ1v) is 15.0. The molecule has 2 aliphatic rings. The summed E-state index contributed by atoms with van der Waals surface area (Å²) in [6.45, 7) is 26.8. The van der Waals surface area contributed by atoms with E-state index in [1.54, 1.807) is 0 Å². The van der Waals surface area contributed by atoms with Gasteiger partial charge in [0.25, 0.3) is 0 Å². The summed E-state index contributed by atoms with van der Waals surface area (Å²) >= 11 is 0. The predicted molar refractivity (Wildman–Crippen MR) is 148 cm³/mol. The zero-order valence-corrected chi connectivity index (χ0v) is 24.6. The molecule has 2 heterocycles. The van der Waals surface area contributed by atoms with Gasteiger partial charge in [0.05, 0.1) is 0 Å². The maximum absolute atomic E-state index is 2.80. The topological polar surface area (TPSA) is 6.48 Å². The highest BCUT2D eigenvalue weighted by molar-refractivity contribution is 4.96. The fourth-order valence-corrected chi connectivity index (χ4v) is 8.07. The third-order valence-corrected chi connectivity index (χ3v) is 9.53. The molecule has 0 amide bonds. The van der Waals surface area contributed by atoms with Crippen molar-refractivity contribution in [1.29, 1.82) is 0 Å². The Hall–Kier alpha value is -0.0800. The molecule has 2 saturated heterocycles. The van der Waals surface area contributed by atoms with Crippen LogP contribution in [0.25, 0.3) is 0 Å². The van der Waals surface area contributed by atoms with E-state index in [9.17, 15) is 0 Å². The quantitative estimate of drug-likeness (QED) is 0.267. The van der Waals surface area contributed by atoms with Crippen LogP contribution in [0.3, 0.4) is 0 Å². The largest absolute Gasteiger partial charge is 0.295 e. The lowest BCUT2D eigenvalue weighted by Crippen LogP contribution is -2.56. The number of unbranched alkanes of at least 4 members (excludes halogenated alkanes) is 4. The van der Waals surface area contributed by atoms with Crippen molar-refractivity contribution in [1.82, 2.24) is 9.80 Å². The van der Waals surface area contributed by atoms with Crippen LogP contribution >= 0.6 is 0 Å². The zero-order valence-electron chi connectivity index (χ0n) is 24.6. The van der Waals surface area contributed by atoms with Crippen molar-refractivity contribution in [3.63, 3.8) is 0 Å². The van der Waals surface area contributed by atoms with E-state index >= 15 is 0 Å². The Morgan fingerprint density at radius 3 is 1.24 bits per heavy atom. The highest BCUT2D eigenvalue weighted by Gasteiger charge is 2.41. The van der Waals surface area contributed by atoms with Crippen LogP contribution in [0.4, 0.5) is 0 Å². The number of likely N-dealkylation sites (tertiary alicyclic amines) is 2. The molecule has 2 aliphatic heterocycles. The van der Waals surface area contributed by atoms with E-state index in [2.05, 4.69) is 79.0 Å². The summed E-state index contributed by atoms with van der Waals surface area (Å²) in [6, 6.07) is 1.56. The molecular formula is C31H62N2. The van der Waals surface area contributed by atoms with Gasteiger partial charge >= 0.3 is 0 Å². The minimum Gasteiger partial charge on any atom is -0.295 e. The van der Waals surface area contributed by atoms with Crippen molar-refractivity contribution in [3.05, 3.63) is 0 Å². The average molecular weight is 463 g/mol. The van der Waals surface area contributed by atoms with E-state index in [-0.39, 0.29) is 0 Å². The first kappa shape index (κ1) is 29.2. The molecule has 0 radical (unpaired) electrons. The third-order valence-electron chi connectivity index (χ3n) is 9.53. The fourth-order valence-electron chi connectivity index (χ4n) is 8.07. The fraction of sp³-hybridized carbons (Fsp3) is 1.00. The summed E-state index contributed by atoms with van der Waals surface area (Å²) in [5.41, 5.74) is 0.753. The molecule has 0 aromatic carbocycles. The van der Waals surface area contributed by atoms with Gasteiger partial charge in [-0.15, -0.1) is 0 Å². The lowest BCUT2D eigenvalue weighted by Gasteiger charge is -2.52. The van der Waals surface area contributed by atoms with E-state index in [4.69, 9.17) is 0 Å². The molecule has 196 valence electrons. The smallest absolute Gasteiger partial charge is 0.0158 e. The number of nitrogens with zero attached hydrogens (tertiary/aromatic N) is 2. The van der Waals surface area contributed by atoms with Crippen LogP contribution in [-0.2, 0) is 0 Å². The number of piperidine rings is 2. The normalized spacial score (nSPS) is 30.9. The maximum Gasteiger partial charge on any atom is 0.0158 e. The summed E-state index contributed by atoms with van der Waals surface area (Å²) in [7, 11) is 0. The first-order valence-electron chi connectivity index (χ1n) is 15.0. The molecule has 0 N–H and O–H groups in total. The van der Waals surface area contributed by atoms with Gasteiger partial charge in [-0.2, -0.15) is 0 Å². The van der Waals surface area contributed by atoms with Crippen LogP contribution in [-0.4, -0.2) is 46.1 Å². The molecule has 0 saturated carbocycles. The number of rotatable bonds is 12. The van der Waals surface area contributed by atoms with Gasteiger partial charge in [0.1, 0.15) is 0 Å². The molecule has 2 nitrogen and oxygen atoms in total. The highest BCUT2D eigenvalue weighted by Crippen LogP contribution is 2.41. The van der Waals surface area contributed by atoms with E-state index in [1.807, 2.05) is 0 Å². The molecule has 0 aliphatic carbocycles. The van der Waals surface area contributed by atoms with Crippen molar-refractivity contribution >= 4 is 0 Å². The molecule has 0 aromatic rings. The average Bonchev–Trinajstić information content (AvgIpc) is 2.70. The van der Waals surface area contributed by atoms with Crippen LogP contribution in [0.1, 0.15) is 140 Å².